The zero-order valence-corrected chi connectivity index (χ0v) is 17.6. The molecule has 0 saturated heterocycles. The van der Waals surface area contributed by atoms with Crippen molar-refractivity contribution in [3.05, 3.63) is 95.0 Å². The molecule has 0 aliphatic heterocycles. The maximum absolute atomic E-state index is 13.0. The Hall–Kier alpha value is -4.23. The summed E-state index contributed by atoms with van der Waals surface area (Å²) in [5.41, 5.74) is 2.84. The molecule has 0 fully saturated rings. The minimum Gasteiger partial charge on any atom is -0.362 e. The summed E-state index contributed by atoms with van der Waals surface area (Å²) in [6, 6.07) is 13.8. The standard InChI is InChI=1S/C24H18ClN5O2/c1-2-22(31)29-21-13-17(6-7-19(21)25)30-23(32)9-4-15-14-28-20-8-5-16(27-11-3-10-26)12-18(20)24(15)30/h2-14,26-27H,1H2,(H,29,31)/b11-3-,26-10?. The number of fused-ring (bicyclic) bond motifs is 3. The van der Waals surface area contributed by atoms with E-state index < -0.39 is 5.91 Å². The number of aromatic nitrogens is 2. The largest absolute Gasteiger partial charge is 0.362 e. The summed E-state index contributed by atoms with van der Waals surface area (Å²) >= 11 is 6.24. The third-order valence-corrected chi connectivity index (χ3v) is 5.14. The van der Waals surface area contributed by atoms with E-state index in [2.05, 4.69) is 22.2 Å². The lowest BCUT2D eigenvalue weighted by Gasteiger charge is -2.15. The fourth-order valence-corrected chi connectivity index (χ4v) is 3.55. The van der Waals surface area contributed by atoms with Gasteiger partial charge in [0.25, 0.3) is 5.56 Å². The highest BCUT2D eigenvalue weighted by molar-refractivity contribution is 6.34. The third-order valence-electron chi connectivity index (χ3n) is 4.81. The van der Waals surface area contributed by atoms with Gasteiger partial charge in [-0.1, -0.05) is 18.2 Å². The van der Waals surface area contributed by atoms with Gasteiger partial charge < -0.3 is 16.0 Å². The van der Waals surface area contributed by atoms with Gasteiger partial charge in [-0.2, -0.15) is 0 Å². The Labute approximate surface area is 188 Å². The number of halogens is 1. The topological polar surface area (TPSA) is 99.9 Å². The number of amides is 1. The van der Waals surface area contributed by atoms with E-state index in [0.717, 1.165) is 22.5 Å². The van der Waals surface area contributed by atoms with Crippen molar-refractivity contribution in [1.82, 2.24) is 9.55 Å². The van der Waals surface area contributed by atoms with Crippen LogP contribution in [0.4, 0.5) is 11.4 Å². The molecule has 0 aliphatic rings. The fourth-order valence-electron chi connectivity index (χ4n) is 3.38. The number of benzene rings is 2. The van der Waals surface area contributed by atoms with Gasteiger partial charge in [0.1, 0.15) is 0 Å². The molecule has 0 atom stereocenters. The van der Waals surface area contributed by atoms with E-state index in [1.807, 2.05) is 18.2 Å². The molecule has 1 amide bonds. The summed E-state index contributed by atoms with van der Waals surface area (Å²) in [6.07, 6.45) is 7.24. The Balaban J connectivity index is 1.98. The first-order chi connectivity index (χ1) is 15.5. The first kappa shape index (κ1) is 21.0. The Morgan fingerprint density at radius 1 is 1.16 bits per heavy atom. The number of hydrogen-bond donors (Lipinski definition) is 3. The van der Waals surface area contributed by atoms with Crippen molar-refractivity contribution >= 4 is 56.9 Å². The first-order valence-electron chi connectivity index (χ1n) is 9.62. The van der Waals surface area contributed by atoms with E-state index in [1.165, 1.54) is 12.3 Å². The summed E-state index contributed by atoms with van der Waals surface area (Å²) in [6.45, 7) is 3.45. The molecule has 2 heterocycles. The van der Waals surface area contributed by atoms with E-state index in [9.17, 15) is 9.59 Å². The van der Waals surface area contributed by atoms with E-state index in [4.69, 9.17) is 17.0 Å². The van der Waals surface area contributed by atoms with Gasteiger partial charge in [-0.3, -0.25) is 19.1 Å². The number of nitrogens with zero attached hydrogens (tertiary/aromatic N) is 2. The number of carbonyl (C=O) groups excluding carboxylic acids is 1. The Morgan fingerprint density at radius 3 is 2.78 bits per heavy atom. The van der Waals surface area contributed by atoms with E-state index in [1.54, 1.807) is 47.3 Å². The maximum Gasteiger partial charge on any atom is 0.255 e. The third kappa shape index (κ3) is 4.01. The summed E-state index contributed by atoms with van der Waals surface area (Å²) in [7, 11) is 0. The molecule has 4 aromatic rings. The minimum absolute atomic E-state index is 0.240. The SMILES string of the molecule is C=CC(=O)Nc1cc(-n2c(=O)ccc3cnc4ccc(N/C=C\C=N)cc4c32)ccc1Cl. The van der Waals surface area contributed by atoms with Crippen molar-refractivity contribution in [3.63, 3.8) is 0 Å². The van der Waals surface area contributed by atoms with Crippen LogP contribution in [0.5, 0.6) is 0 Å². The van der Waals surface area contributed by atoms with Crippen LogP contribution in [-0.2, 0) is 4.79 Å². The molecule has 0 aliphatic carbocycles. The van der Waals surface area contributed by atoms with E-state index in [0.29, 0.717) is 27.4 Å². The lowest BCUT2D eigenvalue weighted by atomic mass is 10.1. The molecule has 2 aromatic carbocycles. The fraction of sp³-hybridized carbons (Fsp3) is 0. The zero-order chi connectivity index (χ0) is 22.7. The van der Waals surface area contributed by atoms with Crippen LogP contribution in [0.15, 0.2) is 84.5 Å². The van der Waals surface area contributed by atoms with Gasteiger partial charge in [0, 0.05) is 41.1 Å². The highest BCUT2D eigenvalue weighted by Crippen LogP contribution is 2.30. The van der Waals surface area contributed by atoms with Crippen molar-refractivity contribution in [1.29, 1.82) is 5.41 Å². The average Bonchev–Trinajstić information content (AvgIpc) is 2.80. The summed E-state index contributed by atoms with van der Waals surface area (Å²) in [4.78, 5) is 29.3. The van der Waals surface area contributed by atoms with Crippen LogP contribution in [0.2, 0.25) is 5.02 Å². The molecule has 158 valence electrons. The lowest BCUT2D eigenvalue weighted by molar-refractivity contribution is -0.111. The molecular weight excluding hydrogens is 426 g/mol. The molecule has 3 N–H and O–H groups in total. The molecule has 0 unspecified atom stereocenters. The summed E-state index contributed by atoms with van der Waals surface area (Å²) in [5, 5.41) is 14.7. The predicted octanol–water partition coefficient (Wildman–Crippen LogP) is 4.89. The zero-order valence-electron chi connectivity index (χ0n) is 16.8. The number of allylic oxidation sites excluding steroid dienone is 1. The molecule has 4 rings (SSSR count). The number of anilines is 2. The monoisotopic (exact) mass is 443 g/mol. The number of hydrogen-bond acceptors (Lipinski definition) is 5. The van der Waals surface area contributed by atoms with Crippen molar-refractivity contribution in [3.8, 4) is 5.69 Å². The lowest BCUT2D eigenvalue weighted by Crippen LogP contribution is -2.18. The predicted molar refractivity (Wildman–Crippen MR) is 130 cm³/mol. The van der Waals surface area contributed by atoms with Crippen molar-refractivity contribution < 1.29 is 4.79 Å². The van der Waals surface area contributed by atoms with Crippen LogP contribution in [0.1, 0.15) is 0 Å². The van der Waals surface area contributed by atoms with Crippen molar-refractivity contribution in [2.75, 3.05) is 10.6 Å². The summed E-state index contributed by atoms with van der Waals surface area (Å²) < 4.78 is 1.57. The van der Waals surface area contributed by atoms with Crippen molar-refractivity contribution in [2.24, 2.45) is 0 Å². The molecule has 2 aromatic heterocycles. The quantitative estimate of drug-likeness (QED) is 0.224. The number of nitrogens with one attached hydrogen (secondary N) is 3. The minimum atomic E-state index is -0.405. The van der Waals surface area contributed by atoms with Crippen LogP contribution in [0, 0.1) is 5.41 Å². The molecular formula is C24H18ClN5O2. The normalized spacial score (nSPS) is 11.0. The number of rotatable bonds is 6. The molecule has 8 heteroatoms. The van der Waals surface area contributed by atoms with Crippen LogP contribution in [0.3, 0.4) is 0 Å². The Kier molecular flexibility index (Phi) is 5.83. The second kappa shape index (κ2) is 8.87. The summed E-state index contributed by atoms with van der Waals surface area (Å²) in [5.74, 6) is -0.405. The highest BCUT2D eigenvalue weighted by atomic mass is 35.5. The smallest absolute Gasteiger partial charge is 0.255 e. The van der Waals surface area contributed by atoms with E-state index in [-0.39, 0.29) is 5.56 Å². The molecule has 32 heavy (non-hydrogen) atoms. The van der Waals surface area contributed by atoms with E-state index >= 15 is 0 Å². The maximum atomic E-state index is 13.0. The van der Waals surface area contributed by atoms with Gasteiger partial charge >= 0.3 is 0 Å². The van der Waals surface area contributed by atoms with Crippen LogP contribution < -0.4 is 16.2 Å². The number of carbonyl (C=O) groups is 1. The first-order valence-corrected chi connectivity index (χ1v) is 9.99. The van der Waals surface area contributed by atoms with Crippen LogP contribution >= 0.6 is 11.6 Å². The number of pyridine rings is 2. The second-order valence-corrected chi connectivity index (χ2v) is 7.24. The Bertz CT molecular complexity index is 1470. The second-order valence-electron chi connectivity index (χ2n) is 6.83. The van der Waals surface area contributed by atoms with Gasteiger partial charge in [-0.25, -0.2) is 0 Å². The average molecular weight is 444 g/mol. The molecule has 0 saturated carbocycles. The van der Waals surface area contributed by atoms with Gasteiger partial charge in [-0.05, 0) is 54.6 Å². The van der Waals surface area contributed by atoms with Crippen LogP contribution in [-0.4, -0.2) is 21.7 Å². The molecule has 0 spiro atoms. The van der Waals surface area contributed by atoms with Gasteiger partial charge in [0.05, 0.1) is 27.4 Å². The molecule has 7 nitrogen and oxygen atoms in total. The van der Waals surface area contributed by atoms with Gasteiger partial charge in [-0.15, -0.1) is 0 Å². The Morgan fingerprint density at radius 2 is 2.00 bits per heavy atom. The highest BCUT2D eigenvalue weighted by Gasteiger charge is 2.13. The molecule has 0 bridgehead atoms. The molecule has 0 radical (unpaired) electrons. The van der Waals surface area contributed by atoms with Gasteiger partial charge in [0.15, 0.2) is 0 Å². The van der Waals surface area contributed by atoms with Crippen molar-refractivity contribution in [2.45, 2.75) is 0 Å². The van der Waals surface area contributed by atoms with Gasteiger partial charge in [0.2, 0.25) is 5.91 Å². The van der Waals surface area contributed by atoms with Crippen LogP contribution in [0.25, 0.3) is 27.5 Å².